The van der Waals surface area contributed by atoms with Crippen LogP contribution in [0.2, 0.25) is 0 Å². The minimum Gasteiger partial charge on any atom is -0.395 e. The zero-order valence-electron chi connectivity index (χ0n) is 10.3. The van der Waals surface area contributed by atoms with Crippen LogP contribution in [0, 0.1) is 15.9 Å². The summed E-state index contributed by atoms with van der Waals surface area (Å²) in [5.74, 6) is -0.640. The second-order valence-corrected chi connectivity index (χ2v) is 3.99. The number of aliphatic hydroxyl groups excluding tert-OH is 1. The molecule has 0 bridgehead atoms. The molecule has 0 amide bonds. The van der Waals surface area contributed by atoms with Gasteiger partial charge in [-0.1, -0.05) is 13.3 Å². The third kappa shape index (κ3) is 3.96. The first kappa shape index (κ1) is 14.4. The average molecular weight is 256 g/mol. The Morgan fingerprint density at radius 1 is 1.39 bits per heavy atom. The van der Waals surface area contributed by atoms with E-state index in [9.17, 15) is 14.5 Å². The molecule has 0 radical (unpaired) electrons. The third-order valence-corrected chi connectivity index (χ3v) is 2.59. The molecule has 0 atom stereocenters. The summed E-state index contributed by atoms with van der Waals surface area (Å²) in [4.78, 5) is 11.8. The molecule has 0 aliphatic rings. The first-order chi connectivity index (χ1) is 8.58. The molecule has 0 unspecified atom stereocenters. The lowest BCUT2D eigenvalue weighted by Crippen LogP contribution is -2.27. The number of nitro benzene ring substituents is 1. The van der Waals surface area contributed by atoms with Crippen LogP contribution in [0.5, 0.6) is 0 Å². The molecule has 0 aliphatic heterocycles. The lowest BCUT2D eigenvalue weighted by Gasteiger charge is -2.23. The van der Waals surface area contributed by atoms with Crippen molar-refractivity contribution in [3.8, 4) is 0 Å². The summed E-state index contributed by atoms with van der Waals surface area (Å²) in [5, 5.41) is 19.6. The van der Waals surface area contributed by atoms with Crippen molar-refractivity contribution in [3.63, 3.8) is 0 Å². The minimum atomic E-state index is -0.640. The van der Waals surface area contributed by atoms with Crippen molar-refractivity contribution >= 4 is 11.4 Å². The second kappa shape index (κ2) is 6.90. The number of nitrogens with zero attached hydrogens (tertiary/aromatic N) is 2. The number of benzene rings is 1. The zero-order chi connectivity index (χ0) is 13.5. The minimum absolute atomic E-state index is 0.0754. The Bertz CT molecular complexity index is 412. The average Bonchev–Trinajstić information content (AvgIpc) is 2.33. The molecule has 0 aromatic heterocycles. The summed E-state index contributed by atoms with van der Waals surface area (Å²) in [5.41, 5.74) is 0.161. The number of nitro groups is 1. The monoisotopic (exact) mass is 256 g/mol. The lowest BCUT2D eigenvalue weighted by atomic mass is 10.2. The molecular weight excluding hydrogens is 239 g/mol. The fraction of sp³-hybridized carbons (Fsp3) is 0.500. The molecule has 1 aromatic rings. The molecule has 0 saturated heterocycles. The Morgan fingerprint density at radius 2 is 2.11 bits per heavy atom. The predicted molar refractivity (Wildman–Crippen MR) is 67.3 cm³/mol. The highest BCUT2D eigenvalue weighted by Crippen LogP contribution is 2.23. The molecule has 1 aromatic carbocycles. The number of unbranched alkanes of at least 4 members (excludes halogenated alkanes) is 1. The molecule has 0 fully saturated rings. The highest BCUT2D eigenvalue weighted by molar-refractivity contribution is 5.53. The van der Waals surface area contributed by atoms with E-state index in [-0.39, 0.29) is 12.3 Å². The summed E-state index contributed by atoms with van der Waals surface area (Å²) >= 11 is 0. The van der Waals surface area contributed by atoms with Crippen LogP contribution in [-0.2, 0) is 0 Å². The number of halogens is 1. The number of hydrogen-bond donors (Lipinski definition) is 1. The number of anilines is 1. The van der Waals surface area contributed by atoms with E-state index >= 15 is 0 Å². The van der Waals surface area contributed by atoms with E-state index in [0.717, 1.165) is 18.9 Å². The van der Waals surface area contributed by atoms with Crippen LogP contribution >= 0.6 is 0 Å². The van der Waals surface area contributed by atoms with Crippen molar-refractivity contribution in [2.45, 2.75) is 19.8 Å². The maximum Gasteiger partial charge on any atom is 0.274 e. The zero-order valence-corrected chi connectivity index (χ0v) is 10.3. The van der Waals surface area contributed by atoms with E-state index < -0.39 is 10.7 Å². The number of hydrogen-bond acceptors (Lipinski definition) is 4. The summed E-state index contributed by atoms with van der Waals surface area (Å²) in [6.45, 7) is 2.91. The fourth-order valence-corrected chi connectivity index (χ4v) is 1.69. The van der Waals surface area contributed by atoms with Crippen molar-refractivity contribution in [1.29, 1.82) is 0 Å². The molecule has 0 saturated carbocycles. The van der Waals surface area contributed by atoms with Gasteiger partial charge in [0.1, 0.15) is 5.82 Å². The van der Waals surface area contributed by atoms with Crippen LogP contribution in [0.25, 0.3) is 0 Å². The van der Waals surface area contributed by atoms with Gasteiger partial charge in [-0.05, 0) is 12.5 Å². The predicted octanol–water partition coefficient (Wildman–Crippen LogP) is 2.33. The Morgan fingerprint density at radius 3 is 2.67 bits per heavy atom. The molecule has 1 N–H and O–H groups in total. The highest BCUT2D eigenvalue weighted by Gasteiger charge is 2.13. The maximum atomic E-state index is 13.3. The van der Waals surface area contributed by atoms with Crippen molar-refractivity contribution in [3.05, 3.63) is 34.1 Å². The van der Waals surface area contributed by atoms with Crippen LogP contribution in [0.1, 0.15) is 19.8 Å². The first-order valence-electron chi connectivity index (χ1n) is 5.89. The van der Waals surface area contributed by atoms with Gasteiger partial charge >= 0.3 is 0 Å². The van der Waals surface area contributed by atoms with Gasteiger partial charge < -0.3 is 10.0 Å². The normalized spacial score (nSPS) is 10.4. The Labute approximate surface area is 105 Å². The topological polar surface area (TPSA) is 66.6 Å². The Balaban J connectivity index is 2.98. The van der Waals surface area contributed by atoms with Crippen LogP contribution in [0.15, 0.2) is 18.2 Å². The van der Waals surface area contributed by atoms with Gasteiger partial charge in [-0.15, -0.1) is 0 Å². The summed E-state index contributed by atoms with van der Waals surface area (Å²) in [7, 11) is 0. The van der Waals surface area contributed by atoms with Crippen molar-refractivity contribution in [2.75, 3.05) is 24.6 Å². The molecule has 0 aliphatic carbocycles. The molecule has 0 spiro atoms. The van der Waals surface area contributed by atoms with Gasteiger partial charge in [-0.25, -0.2) is 4.39 Å². The lowest BCUT2D eigenvalue weighted by molar-refractivity contribution is -0.385. The van der Waals surface area contributed by atoms with E-state index in [1.54, 1.807) is 4.90 Å². The number of non-ortho nitro benzene ring substituents is 1. The van der Waals surface area contributed by atoms with Crippen LogP contribution in [-0.4, -0.2) is 29.7 Å². The van der Waals surface area contributed by atoms with Gasteiger partial charge in [0.25, 0.3) is 5.69 Å². The Kier molecular flexibility index (Phi) is 5.51. The van der Waals surface area contributed by atoms with Crippen LogP contribution in [0.4, 0.5) is 15.8 Å². The Hall–Kier alpha value is -1.69. The van der Waals surface area contributed by atoms with Gasteiger partial charge in [0.05, 0.1) is 17.6 Å². The van der Waals surface area contributed by atoms with Crippen molar-refractivity contribution < 1.29 is 14.4 Å². The maximum absolute atomic E-state index is 13.3. The van der Waals surface area contributed by atoms with E-state index in [2.05, 4.69) is 0 Å². The molecule has 1 rings (SSSR count). The smallest absolute Gasteiger partial charge is 0.274 e. The summed E-state index contributed by atoms with van der Waals surface area (Å²) in [6, 6.07) is 3.47. The van der Waals surface area contributed by atoms with Crippen molar-refractivity contribution in [2.24, 2.45) is 0 Å². The fourth-order valence-electron chi connectivity index (χ4n) is 1.69. The van der Waals surface area contributed by atoms with Gasteiger partial charge in [0.15, 0.2) is 0 Å². The van der Waals surface area contributed by atoms with Gasteiger partial charge in [0.2, 0.25) is 0 Å². The van der Waals surface area contributed by atoms with Crippen LogP contribution < -0.4 is 4.90 Å². The number of aliphatic hydroxyl groups is 1. The highest BCUT2D eigenvalue weighted by atomic mass is 19.1. The van der Waals surface area contributed by atoms with Gasteiger partial charge in [-0.3, -0.25) is 10.1 Å². The van der Waals surface area contributed by atoms with Crippen LogP contribution in [0.3, 0.4) is 0 Å². The quantitative estimate of drug-likeness (QED) is 0.600. The third-order valence-electron chi connectivity index (χ3n) is 2.59. The number of rotatable bonds is 7. The standard InChI is InChI=1S/C12H17FN2O3/c1-2-3-4-14(5-6-16)11-7-10(13)8-12(9-11)15(17)18/h7-9,16H,2-6H2,1H3. The molecule has 5 nitrogen and oxygen atoms in total. The summed E-state index contributed by atoms with van der Waals surface area (Å²) in [6.07, 6.45) is 1.84. The molecule has 100 valence electrons. The van der Waals surface area contributed by atoms with E-state index in [0.29, 0.717) is 18.8 Å². The first-order valence-corrected chi connectivity index (χ1v) is 5.89. The van der Waals surface area contributed by atoms with Gasteiger partial charge in [0, 0.05) is 24.8 Å². The molecular formula is C12H17FN2O3. The van der Waals surface area contributed by atoms with E-state index in [1.165, 1.54) is 12.1 Å². The van der Waals surface area contributed by atoms with Crippen molar-refractivity contribution in [1.82, 2.24) is 0 Å². The van der Waals surface area contributed by atoms with Gasteiger partial charge in [-0.2, -0.15) is 0 Å². The van der Waals surface area contributed by atoms with E-state index in [1.807, 2.05) is 6.92 Å². The molecule has 18 heavy (non-hydrogen) atoms. The summed E-state index contributed by atoms with van der Waals surface area (Å²) < 4.78 is 13.3. The molecule has 0 heterocycles. The largest absolute Gasteiger partial charge is 0.395 e. The molecule has 6 heteroatoms. The van der Waals surface area contributed by atoms with E-state index in [4.69, 9.17) is 5.11 Å². The second-order valence-electron chi connectivity index (χ2n) is 3.99. The SMILES string of the molecule is CCCCN(CCO)c1cc(F)cc([N+](=O)[O-])c1.